The van der Waals surface area contributed by atoms with E-state index in [4.69, 9.17) is 5.73 Å². The summed E-state index contributed by atoms with van der Waals surface area (Å²) < 4.78 is 13.4. The van der Waals surface area contributed by atoms with E-state index in [1.807, 2.05) is 18.0 Å². The van der Waals surface area contributed by atoms with Gasteiger partial charge in [-0.05, 0) is 31.4 Å². The van der Waals surface area contributed by atoms with Gasteiger partial charge < -0.3 is 10.6 Å². The summed E-state index contributed by atoms with van der Waals surface area (Å²) in [4.78, 5) is 1.93. The van der Waals surface area contributed by atoms with Crippen molar-refractivity contribution in [3.63, 3.8) is 0 Å². The highest BCUT2D eigenvalue weighted by Gasteiger charge is 2.37. The van der Waals surface area contributed by atoms with Crippen LogP contribution in [0.2, 0.25) is 0 Å². The number of nitrogens with two attached hydrogens (primary N) is 1. The van der Waals surface area contributed by atoms with Crippen LogP contribution < -0.4 is 10.6 Å². The molecule has 2 rings (SSSR count). The maximum absolute atomic E-state index is 13.4. The number of nitrogens with zero attached hydrogens (tertiary/aromatic N) is 1. The molecule has 0 radical (unpaired) electrons. The minimum absolute atomic E-state index is 0.0412. The first-order chi connectivity index (χ1) is 7.11. The van der Waals surface area contributed by atoms with Crippen LogP contribution in [-0.2, 0) is 0 Å². The van der Waals surface area contributed by atoms with Crippen molar-refractivity contribution < 1.29 is 4.39 Å². The monoisotopic (exact) mass is 208 g/mol. The van der Waals surface area contributed by atoms with Gasteiger partial charge in [0.05, 0.1) is 5.69 Å². The van der Waals surface area contributed by atoms with Crippen molar-refractivity contribution in [2.45, 2.75) is 24.8 Å². The Morgan fingerprint density at radius 2 is 2.07 bits per heavy atom. The molecule has 1 saturated carbocycles. The first-order valence-electron chi connectivity index (χ1n) is 5.35. The van der Waals surface area contributed by atoms with Gasteiger partial charge in [0.2, 0.25) is 0 Å². The molecule has 0 bridgehead atoms. The molecule has 1 fully saturated rings. The van der Waals surface area contributed by atoms with E-state index in [0.717, 1.165) is 25.8 Å². The molecule has 0 heterocycles. The highest BCUT2D eigenvalue weighted by Crippen LogP contribution is 2.35. The maximum Gasteiger partial charge on any atom is 0.146 e. The molecule has 3 heteroatoms. The molecule has 1 aromatic rings. The second kappa shape index (κ2) is 3.81. The molecule has 2 nitrogen and oxygen atoms in total. The first kappa shape index (κ1) is 10.4. The zero-order valence-corrected chi connectivity index (χ0v) is 9.04. The molecule has 1 aliphatic rings. The lowest BCUT2D eigenvalue weighted by Gasteiger charge is -2.21. The lowest BCUT2D eigenvalue weighted by atomic mass is 10.2. The Bertz CT molecular complexity index is 347. The first-order valence-corrected chi connectivity index (χ1v) is 5.35. The molecular weight excluding hydrogens is 191 g/mol. The smallest absolute Gasteiger partial charge is 0.146 e. The van der Waals surface area contributed by atoms with Crippen LogP contribution in [0, 0.1) is 5.82 Å². The van der Waals surface area contributed by atoms with Crippen molar-refractivity contribution in [3.05, 3.63) is 30.1 Å². The quantitative estimate of drug-likeness (QED) is 0.821. The summed E-state index contributed by atoms with van der Waals surface area (Å²) in [6.45, 7) is 0.817. The molecule has 82 valence electrons. The van der Waals surface area contributed by atoms with Gasteiger partial charge in [0.25, 0.3) is 0 Å². The number of halogens is 1. The molecule has 2 N–H and O–H groups in total. The van der Waals surface area contributed by atoms with Crippen molar-refractivity contribution in [1.29, 1.82) is 0 Å². The Morgan fingerprint density at radius 1 is 1.40 bits per heavy atom. The van der Waals surface area contributed by atoms with Crippen LogP contribution in [0.3, 0.4) is 0 Å². The summed E-state index contributed by atoms with van der Waals surface area (Å²) in [5, 5.41) is 0. The van der Waals surface area contributed by atoms with Crippen LogP contribution >= 0.6 is 0 Å². The molecule has 0 aliphatic heterocycles. The summed E-state index contributed by atoms with van der Waals surface area (Å²) in [5.41, 5.74) is 6.69. The zero-order chi connectivity index (χ0) is 10.9. The third-order valence-electron chi connectivity index (χ3n) is 3.10. The van der Waals surface area contributed by atoms with Crippen molar-refractivity contribution in [2.75, 3.05) is 18.5 Å². The normalized spacial score (nSPS) is 17.5. The topological polar surface area (TPSA) is 29.3 Å². The molecule has 1 aromatic carbocycles. The Morgan fingerprint density at radius 3 is 2.67 bits per heavy atom. The number of rotatable bonds is 4. The fourth-order valence-electron chi connectivity index (χ4n) is 1.68. The van der Waals surface area contributed by atoms with Crippen LogP contribution in [-0.4, -0.2) is 19.1 Å². The molecule has 0 saturated heterocycles. The second-order valence-corrected chi connectivity index (χ2v) is 4.49. The van der Waals surface area contributed by atoms with E-state index in [2.05, 4.69) is 0 Å². The standard InChI is InChI=1S/C12H17FN2/c1-15(9-8-12(14)6-7-12)11-5-3-2-4-10(11)13/h2-5H,6-9,14H2,1H3. The summed E-state index contributed by atoms with van der Waals surface area (Å²) >= 11 is 0. The number of hydrogen-bond acceptors (Lipinski definition) is 2. The van der Waals surface area contributed by atoms with Crippen LogP contribution in [0.1, 0.15) is 19.3 Å². The van der Waals surface area contributed by atoms with Crippen LogP contribution in [0.25, 0.3) is 0 Å². The molecule has 0 spiro atoms. The summed E-state index contributed by atoms with van der Waals surface area (Å²) in [6, 6.07) is 6.84. The zero-order valence-electron chi connectivity index (χ0n) is 9.04. The predicted molar refractivity (Wildman–Crippen MR) is 60.4 cm³/mol. The van der Waals surface area contributed by atoms with Crippen LogP contribution in [0.4, 0.5) is 10.1 Å². The van der Waals surface area contributed by atoms with E-state index in [-0.39, 0.29) is 11.4 Å². The summed E-state index contributed by atoms with van der Waals surface area (Å²) in [5.74, 6) is -0.165. The Labute approximate surface area is 89.9 Å². The largest absolute Gasteiger partial charge is 0.372 e. The van der Waals surface area contributed by atoms with E-state index in [9.17, 15) is 4.39 Å². The highest BCUT2D eigenvalue weighted by atomic mass is 19.1. The van der Waals surface area contributed by atoms with E-state index in [1.54, 1.807) is 12.1 Å². The third-order valence-corrected chi connectivity index (χ3v) is 3.10. The van der Waals surface area contributed by atoms with Gasteiger partial charge >= 0.3 is 0 Å². The molecule has 0 aromatic heterocycles. The average Bonchev–Trinajstić information content (AvgIpc) is 2.95. The van der Waals surface area contributed by atoms with Crippen molar-refractivity contribution in [2.24, 2.45) is 5.73 Å². The van der Waals surface area contributed by atoms with Gasteiger partial charge in [-0.2, -0.15) is 0 Å². The van der Waals surface area contributed by atoms with Gasteiger partial charge in [-0.3, -0.25) is 0 Å². The van der Waals surface area contributed by atoms with Gasteiger partial charge in [-0.1, -0.05) is 12.1 Å². The molecule has 15 heavy (non-hydrogen) atoms. The van der Waals surface area contributed by atoms with E-state index >= 15 is 0 Å². The number of hydrogen-bond donors (Lipinski definition) is 1. The van der Waals surface area contributed by atoms with Gasteiger partial charge in [0.15, 0.2) is 0 Å². The van der Waals surface area contributed by atoms with Crippen LogP contribution in [0.15, 0.2) is 24.3 Å². The SMILES string of the molecule is CN(CCC1(N)CC1)c1ccccc1F. The second-order valence-electron chi connectivity index (χ2n) is 4.49. The van der Waals surface area contributed by atoms with Crippen molar-refractivity contribution in [1.82, 2.24) is 0 Å². The minimum atomic E-state index is -0.165. The minimum Gasteiger partial charge on any atom is -0.372 e. The lowest BCUT2D eigenvalue weighted by Crippen LogP contribution is -2.29. The third kappa shape index (κ3) is 2.48. The van der Waals surface area contributed by atoms with Gasteiger partial charge in [0.1, 0.15) is 5.82 Å². The molecule has 1 aliphatic carbocycles. The highest BCUT2D eigenvalue weighted by molar-refractivity contribution is 5.46. The van der Waals surface area contributed by atoms with Crippen molar-refractivity contribution >= 4 is 5.69 Å². The maximum atomic E-state index is 13.4. The molecule has 0 atom stereocenters. The van der Waals surface area contributed by atoms with Crippen LogP contribution in [0.5, 0.6) is 0 Å². The number of para-hydroxylation sites is 1. The summed E-state index contributed by atoms with van der Waals surface area (Å²) in [7, 11) is 1.91. The predicted octanol–water partition coefficient (Wildman–Crippen LogP) is 2.14. The average molecular weight is 208 g/mol. The number of benzene rings is 1. The van der Waals surface area contributed by atoms with E-state index in [1.165, 1.54) is 6.07 Å². The van der Waals surface area contributed by atoms with E-state index in [0.29, 0.717) is 5.69 Å². The fraction of sp³-hybridized carbons (Fsp3) is 0.500. The number of anilines is 1. The van der Waals surface area contributed by atoms with Gasteiger partial charge in [0, 0.05) is 19.1 Å². The molecular formula is C12H17FN2. The van der Waals surface area contributed by atoms with Gasteiger partial charge in [-0.15, -0.1) is 0 Å². The fourth-order valence-corrected chi connectivity index (χ4v) is 1.68. The van der Waals surface area contributed by atoms with Gasteiger partial charge in [-0.25, -0.2) is 4.39 Å². The molecule has 0 amide bonds. The molecule has 0 unspecified atom stereocenters. The Kier molecular flexibility index (Phi) is 2.65. The Balaban J connectivity index is 1.95. The van der Waals surface area contributed by atoms with Crippen molar-refractivity contribution in [3.8, 4) is 0 Å². The Hall–Kier alpha value is -1.09. The lowest BCUT2D eigenvalue weighted by molar-refractivity contribution is 0.590. The van der Waals surface area contributed by atoms with E-state index < -0.39 is 0 Å². The summed E-state index contributed by atoms with van der Waals surface area (Å²) in [6.07, 6.45) is 3.16.